The fraction of sp³-hybridized carbons (Fsp3) is 0.541. The van der Waals surface area contributed by atoms with Crippen LogP contribution in [0, 0.1) is 11.8 Å². The van der Waals surface area contributed by atoms with Crippen molar-refractivity contribution in [3.05, 3.63) is 65.2 Å². The van der Waals surface area contributed by atoms with E-state index in [2.05, 4.69) is 16.0 Å². The number of amides is 4. The van der Waals surface area contributed by atoms with Crippen LogP contribution in [0.4, 0.5) is 10.5 Å². The molecule has 0 saturated heterocycles. The lowest BCUT2D eigenvalue weighted by atomic mass is 9.91. The van der Waals surface area contributed by atoms with Crippen molar-refractivity contribution in [1.29, 1.82) is 0 Å². The number of ether oxygens (including phenoxy) is 2. The number of nitrogens with zero attached hydrogens (tertiary/aromatic N) is 1. The summed E-state index contributed by atoms with van der Waals surface area (Å²) in [6.45, 7) is 15.9. The second kappa shape index (κ2) is 15.7. The van der Waals surface area contributed by atoms with Crippen molar-refractivity contribution in [2.75, 3.05) is 12.4 Å². The average Bonchev–Trinajstić information content (AvgIpc) is 3.39. The quantitative estimate of drug-likeness (QED) is 0.276. The number of esters is 1. The third-order valence-corrected chi connectivity index (χ3v) is 7.82. The van der Waals surface area contributed by atoms with E-state index in [0.717, 1.165) is 11.1 Å². The third-order valence-electron chi connectivity index (χ3n) is 7.82. The summed E-state index contributed by atoms with van der Waals surface area (Å²) in [5, 5.41) is 8.54. The van der Waals surface area contributed by atoms with E-state index >= 15 is 4.79 Å². The van der Waals surface area contributed by atoms with Crippen molar-refractivity contribution >= 4 is 35.5 Å². The van der Waals surface area contributed by atoms with Gasteiger partial charge in [0.1, 0.15) is 23.7 Å². The highest BCUT2D eigenvalue weighted by molar-refractivity contribution is 5.96. The first-order chi connectivity index (χ1) is 22.3. The molecule has 2 aromatic carbocycles. The molecule has 11 heteroatoms. The molecule has 11 nitrogen and oxygen atoms in total. The molecule has 48 heavy (non-hydrogen) atoms. The molecule has 3 atom stereocenters. The van der Waals surface area contributed by atoms with Gasteiger partial charge in [0, 0.05) is 18.2 Å². The SMILES string of the molecule is COC(=O)[C@@H](CC(C)C)N(C(=O)[C@H](NC(=O)OC(C)(C)C)C1Cc2ccccc2C1)C(C(=O)NC(C)(C)C)c1ccc(NC(C)=O)cc1. The highest BCUT2D eigenvalue weighted by Crippen LogP contribution is 2.34. The summed E-state index contributed by atoms with van der Waals surface area (Å²) in [5.74, 6) is -2.56. The minimum absolute atomic E-state index is 0.0779. The zero-order valence-corrected chi connectivity index (χ0v) is 29.9. The van der Waals surface area contributed by atoms with Crippen LogP contribution in [-0.4, -0.2) is 65.0 Å². The molecule has 262 valence electrons. The van der Waals surface area contributed by atoms with Crippen molar-refractivity contribution in [2.24, 2.45) is 11.8 Å². The lowest BCUT2D eigenvalue weighted by Gasteiger charge is -2.41. The van der Waals surface area contributed by atoms with Gasteiger partial charge in [0.05, 0.1) is 7.11 Å². The molecular formula is C37H52N4O7. The van der Waals surface area contributed by atoms with E-state index in [1.165, 1.54) is 18.9 Å². The Hall–Kier alpha value is -4.41. The monoisotopic (exact) mass is 664 g/mol. The standard InChI is InChI=1S/C37H52N4O7/c1-22(2)19-29(34(45)47-10)41(31(32(43)40-36(4,5)6)24-15-17-28(18-16-24)38-23(3)42)33(44)30(39-35(46)48-37(7,8)9)27-20-25-13-11-12-14-26(25)21-27/h11-18,22,27,29-31H,19-21H2,1-10H3,(H,38,42)(H,39,46)(H,40,43)/t29-,30-,31?/m1/s1. The van der Waals surface area contributed by atoms with Gasteiger partial charge in [-0.05, 0) is 101 Å². The third kappa shape index (κ3) is 10.6. The lowest BCUT2D eigenvalue weighted by molar-refractivity contribution is -0.159. The summed E-state index contributed by atoms with van der Waals surface area (Å²) in [7, 11) is 1.24. The van der Waals surface area contributed by atoms with E-state index in [0.29, 0.717) is 24.1 Å². The summed E-state index contributed by atoms with van der Waals surface area (Å²) in [6.07, 6.45) is 0.387. The second-order valence-corrected chi connectivity index (χ2v) is 14.9. The van der Waals surface area contributed by atoms with Gasteiger partial charge in [-0.1, -0.05) is 50.2 Å². The fourth-order valence-corrected chi connectivity index (χ4v) is 6.00. The lowest BCUT2D eigenvalue weighted by Crippen LogP contribution is -2.61. The number of hydrogen-bond acceptors (Lipinski definition) is 7. The summed E-state index contributed by atoms with van der Waals surface area (Å²) in [5.41, 5.74) is 1.48. The van der Waals surface area contributed by atoms with Crippen LogP contribution in [0.1, 0.15) is 91.5 Å². The number of fused-ring (bicyclic) bond motifs is 1. The van der Waals surface area contributed by atoms with Gasteiger partial charge >= 0.3 is 12.1 Å². The summed E-state index contributed by atoms with van der Waals surface area (Å²) < 4.78 is 10.9. The molecule has 0 radical (unpaired) electrons. The number of methoxy groups -OCH3 is 1. The molecule has 1 unspecified atom stereocenters. The Morgan fingerprint density at radius 3 is 1.92 bits per heavy atom. The van der Waals surface area contributed by atoms with Crippen molar-refractivity contribution in [2.45, 2.75) is 111 Å². The number of anilines is 1. The number of hydrogen-bond donors (Lipinski definition) is 3. The van der Waals surface area contributed by atoms with Gasteiger partial charge in [0.15, 0.2) is 0 Å². The summed E-state index contributed by atoms with van der Waals surface area (Å²) in [4.78, 5) is 69.6. The van der Waals surface area contributed by atoms with Crippen LogP contribution in [0.5, 0.6) is 0 Å². The van der Waals surface area contributed by atoms with Crippen LogP contribution in [0.25, 0.3) is 0 Å². The van der Waals surface area contributed by atoms with Gasteiger partial charge in [-0.15, -0.1) is 0 Å². The molecule has 2 aromatic rings. The predicted octanol–water partition coefficient (Wildman–Crippen LogP) is 5.33. The number of nitrogens with one attached hydrogen (secondary N) is 3. The molecule has 0 fully saturated rings. The molecular weight excluding hydrogens is 612 g/mol. The largest absolute Gasteiger partial charge is 0.467 e. The van der Waals surface area contributed by atoms with E-state index in [-0.39, 0.29) is 18.2 Å². The molecule has 0 aliphatic heterocycles. The van der Waals surface area contributed by atoms with Gasteiger partial charge in [-0.25, -0.2) is 9.59 Å². The van der Waals surface area contributed by atoms with E-state index in [1.54, 1.807) is 45.0 Å². The highest BCUT2D eigenvalue weighted by Gasteiger charge is 2.46. The van der Waals surface area contributed by atoms with Crippen LogP contribution in [-0.2, 0) is 41.5 Å². The van der Waals surface area contributed by atoms with E-state index < -0.39 is 59.1 Å². The average molecular weight is 665 g/mol. The maximum atomic E-state index is 15.2. The summed E-state index contributed by atoms with van der Waals surface area (Å²) >= 11 is 0. The topological polar surface area (TPSA) is 143 Å². The van der Waals surface area contributed by atoms with E-state index in [1.807, 2.05) is 58.9 Å². The minimum atomic E-state index is -1.31. The van der Waals surface area contributed by atoms with Gasteiger partial charge in [0.25, 0.3) is 0 Å². The maximum Gasteiger partial charge on any atom is 0.408 e. The fourth-order valence-electron chi connectivity index (χ4n) is 6.00. The van der Waals surface area contributed by atoms with Crippen molar-refractivity contribution in [3.63, 3.8) is 0 Å². The van der Waals surface area contributed by atoms with Gasteiger partial charge in [0.2, 0.25) is 17.7 Å². The summed E-state index contributed by atoms with van der Waals surface area (Å²) in [6, 6.07) is 10.8. The molecule has 0 aromatic heterocycles. The van der Waals surface area contributed by atoms with Crippen molar-refractivity contribution in [1.82, 2.24) is 15.5 Å². The van der Waals surface area contributed by atoms with Crippen LogP contribution >= 0.6 is 0 Å². The molecule has 1 aliphatic carbocycles. The first-order valence-corrected chi connectivity index (χ1v) is 16.5. The number of alkyl carbamates (subject to hydrolysis) is 1. The Balaban J connectivity index is 2.26. The molecule has 1 aliphatic rings. The van der Waals surface area contributed by atoms with Crippen molar-refractivity contribution < 1.29 is 33.4 Å². The zero-order valence-electron chi connectivity index (χ0n) is 29.9. The normalized spacial score (nSPS) is 15.1. The second-order valence-electron chi connectivity index (χ2n) is 14.9. The Morgan fingerprint density at radius 1 is 0.896 bits per heavy atom. The number of benzene rings is 2. The van der Waals surface area contributed by atoms with Gasteiger partial charge in [-0.3, -0.25) is 14.4 Å². The Morgan fingerprint density at radius 2 is 1.46 bits per heavy atom. The van der Waals surface area contributed by atoms with Crippen molar-refractivity contribution in [3.8, 4) is 0 Å². The minimum Gasteiger partial charge on any atom is -0.467 e. The molecule has 3 N–H and O–H groups in total. The first kappa shape index (κ1) is 38.0. The zero-order chi connectivity index (χ0) is 36.0. The Kier molecular flexibility index (Phi) is 12.4. The van der Waals surface area contributed by atoms with Crippen LogP contribution in [0.15, 0.2) is 48.5 Å². The van der Waals surface area contributed by atoms with Crippen LogP contribution in [0.2, 0.25) is 0 Å². The first-order valence-electron chi connectivity index (χ1n) is 16.5. The maximum absolute atomic E-state index is 15.2. The Bertz CT molecular complexity index is 1450. The highest BCUT2D eigenvalue weighted by atomic mass is 16.6. The number of rotatable bonds is 11. The van der Waals surface area contributed by atoms with E-state index in [9.17, 15) is 19.2 Å². The van der Waals surface area contributed by atoms with Gasteiger partial charge in [-0.2, -0.15) is 0 Å². The van der Waals surface area contributed by atoms with Crippen LogP contribution < -0.4 is 16.0 Å². The van der Waals surface area contributed by atoms with Gasteiger partial charge < -0.3 is 30.3 Å². The number of carbonyl (C=O) groups is 5. The molecule has 4 amide bonds. The molecule has 0 bridgehead atoms. The predicted molar refractivity (Wildman–Crippen MR) is 184 cm³/mol. The smallest absolute Gasteiger partial charge is 0.408 e. The van der Waals surface area contributed by atoms with Crippen LogP contribution in [0.3, 0.4) is 0 Å². The molecule has 3 rings (SSSR count). The Labute approximate surface area is 284 Å². The molecule has 0 spiro atoms. The molecule has 0 heterocycles. The number of carbonyl (C=O) groups excluding carboxylic acids is 5. The molecule has 0 saturated carbocycles. The van der Waals surface area contributed by atoms with E-state index in [4.69, 9.17) is 9.47 Å².